The van der Waals surface area contributed by atoms with E-state index in [0.29, 0.717) is 50.1 Å². The van der Waals surface area contributed by atoms with E-state index in [0.717, 1.165) is 47.3 Å². The summed E-state index contributed by atoms with van der Waals surface area (Å²) in [4.78, 5) is 38.3. The van der Waals surface area contributed by atoms with E-state index in [1.807, 2.05) is 0 Å². The Hall–Kier alpha value is -4.43. The first kappa shape index (κ1) is 35.9. The van der Waals surface area contributed by atoms with E-state index >= 15 is 8.78 Å². The van der Waals surface area contributed by atoms with Gasteiger partial charge >= 0.3 is 12.1 Å². The van der Waals surface area contributed by atoms with Crippen molar-refractivity contribution in [3.8, 4) is 16.9 Å². The van der Waals surface area contributed by atoms with E-state index in [-0.39, 0.29) is 40.8 Å². The number of fused-ring (bicyclic) bond motifs is 1. The van der Waals surface area contributed by atoms with Crippen molar-refractivity contribution in [2.45, 2.75) is 46.2 Å². The second-order valence-electron chi connectivity index (χ2n) is 12.0. The molecule has 1 aliphatic heterocycles. The molecule has 0 atom stereocenters. The van der Waals surface area contributed by atoms with Gasteiger partial charge in [0.05, 0.1) is 5.69 Å². The number of anilines is 2. The molecule has 0 unspecified atom stereocenters. The molecule has 5 rings (SSSR count). The average molecular weight is 687 g/mol. The number of rotatable bonds is 12. The third-order valence-corrected chi connectivity index (χ3v) is 8.80. The number of pyridine rings is 1. The van der Waals surface area contributed by atoms with Crippen LogP contribution in [0.2, 0.25) is 0 Å². The summed E-state index contributed by atoms with van der Waals surface area (Å²) in [6, 6.07) is 10.2. The van der Waals surface area contributed by atoms with E-state index in [1.165, 1.54) is 24.3 Å². The largest absolute Gasteiger partial charge is 0.471 e. The van der Waals surface area contributed by atoms with Gasteiger partial charge in [-0.15, -0.1) is 0 Å². The zero-order valence-electron chi connectivity index (χ0n) is 27.6. The van der Waals surface area contributed by atoms with Crippen LogP contribution in [0.4, 0.5) is 33.6 Å². The fourth-order valence-electron chi connectivity index (χ4n) is 6.04. The van der Waals surface area contributed by atoms with Crippen LogP contribution in [-0.4, -0.2) is 77.5 Å². The number of hydrogen-bond donors (Lipinski definition) is 1. The molecule has 2 aromatic heterocycles. The quantitative estimate of drug-likeness (QED) is 0.134. The van der Waals surface area contributed by atoms with Gasteiger partial charge in [-0.3, -0.25) is 14.2 Å². The summed E-state index contributed by atoms with van der Waals surface area (Å²) in [5.74, 6) is -4.14. The maximum absolute atomic E-state index is 15.1. The van der Waals surface area contributed by atoms with Crippen LogP contribution in [0, 0.1) is 24.5 Å². The first-order chi connectivity index (χ1) is 23.4. The fraction of sp³-hybridized carbons (Fsp3) is 0.429. The van der Waals surface area contributed by atoms with Gasteiger partial charge in [-0.2, -0.15) is 18.2 Å². The summed E-state index contributed by atoms with van der Waals surface area (Å²) in [6.45, 7) is 9.38. The van der Waals surface area contributed by atoms with Gasteiger partial charge < -0.3 is 19.9 Å². The number of aryl methyl sites for hydroxylation is 1. The Labute approximate surface area is 280 Å². The molecule has 1 amide bonds. The van der Waals surface area contributed by atoms with Crippen LogP contribution in [-0.2, 0) is 9.53 Å². The molecule has 4 aromatic rings. The topological polar surface area (TPSA) is 92.6 Å². The van der Waals surface area contributed by atoms with Crippen molar-refractivity contribution in [1.29, 1.82) is 0 Å². The maximum Gasteiger partial charge on any atom is 0.471 e. The van der Waals surface area contributed by atoms with Crippen molar-refractivity contribution >= 4 is 28.6 Å². The lowest BCUT2D eigenvalue weighted by atomic mass is 9.98. The van der Waals surface area contributed by atoms with Crippen LogP contribution in [0.5, 0.6) is 0 Å². The van der Waals surface area contributed by atoms with Crippen molar-refractivity contribution < 1.29 is 31.5 Å². The Balaban J connectivity index is 1.68. The minimum absolute atomic E-state index is 0.00313. The molecule has 9 nitrogen and oxygen atoms in total. The highest BCUT2D eigenvalue weighted by Gasteiger charge is 2.43. The number of carbonyl (C=O) groups excluding carboxylic acids is 1. The Kier molecular flexibility index (Phi) is 11.3. The zero-order chi connectivity index (χ0) is 35.3. The minimum atomic E-state index is -5.13. The predicted octanol–water partition coefficient (Wildman–Crippen LogP) is 6.50. The number of nitrogens with zero attached hydrogens (tertiary/aromatic N) is 5. The maximum atomic E-state index is 15.1. The van der Waals surface area contributed by atoms with E-state index < -0.39 is 35.0 Å². The second kappa shape index (κ2) is 15.4. The summed E-state index contributed by atoms with van der Waals surface area (Å²) in [5, 5.41) is 3.37. The van der Waals surface area contributed by atoms with Crippen LogP contribution >= 0.6 is 0 Å². The van der Waals surface area contributed by atoms with Crippen molar-refractivity contribution in [3.63, 3.8) is 0 Å². The molecule has 0 radical (unpaired) electrons. The van der Waals surface area contributed by atoms with Crippen molar-refractivity contribution in [2.75, 3.05) is 56.2 Å². The molecule has 49 heavy (non-hydrogen) atoms. The SMILES string of the molecule is CCN(CC)CCCNc1nc(-c2cc(N(CC3CCOCC3)C(=O)C(F)(F)F)ccc2C)c2ccc(=O)n(-c3c(F)cccc3F)c2n1. The molecular formula is C35H39F5N6O3. The number of benzene rings is 2. The number of para-hydroxylation sites is 1. The molecule has 14 heteroatoms. The zero-order valence-corrected chi connectivity index (χ0v) is 27.6. The van der Waals surface area contributed by atoms with Gasteiger partial charge in [0.15, 0.2) is 5.65 Å². The van der Waals surface area contributed by atoms with Crippen molar-refractivity contribution in [1.82, 2.24) is 19.4 Å². The number of ether oxygens (including phenoxy) is 1. The Morgan fingerprint density at radius 3 is 2.37 bits per heavy atom. The first-order valence-corrected chi connectivity index (χ1v) is 16.3. The molecule has 3 heterocycles. The molecule has 0 saturated carbocycles. The number of nitrogens with one attached hydrogen (secondary N) is 1. The highest BCUT2D eigenvalue weighted by molar-refractivity contribution is 5.99. The smallest absolute Gasteiger partial charge is 0.381 e. The second-order valence-corrected chi connectivity index (χ2v) is 12.0. The van der Waals surface area contributed by atoms with Crippen molar-refractivity contribution in [2.24, 2.45) is 5.92 Å². The van der Waals surface area contributed by atoms with Gasteiger partial charge in [0.25, 0.3) is 5.56 Å². The third kappa shape index (κ3) is 8.07. The van der Waals surface area contributed by atoms with Gasteiger partial charge in [-0.05, 0) is 87.6 Å². The molecular weight excluding hydrogens is 647 g/mol. The third-order valence-electron chi connectivity index (χ3n) is 8.80. The van der Waals surface area contributed by atoms with Gasteiger partial charge in [0.2, 0.25) is 5.95 Å². The molecule has 0 spiro atoms. The number of amides is 1. The standard InChI is InChI=1S/C35H39F5N6O3/c1-4-44(5-2)17-7-16-41-34-42-30(25-12-13-29(47)46(32(25)43-34)31-27(36)8-6-9-28(31)37)26-20-24(11-10-22(26)3)45(33(48)35(38,39)40)21-23-14-18-49-19-15-23/h6,8-13,20,23H,4-5,7,14-19,21H2,1-3H3,(H,41,42,43). The lowest BCUT2D eigenvalue weighted by Crippen LogP contribution is -2.44. The number of alkyl halides is 3. The van der Waals surface area contributed by atoms with Crippen LogP contribution in [0.15, 0.2) is 53.3 Å². The van der Waals surface area contributed by atoms with Crippen LogP contribution in [0.1, 0.15) is 38.7 Å². The first-order valence-electron chi connectivity index (χ1n) is 16.3. The monoisotopic (exact) mass is 686 g/mol. The summed E-state index contributed by atoms with van der Waals surface area (Å²) < 4.78 is 78.2. The number of aromatic nitrogens is 3. The highest BCUT2D eigenvalue weighted by Crippen LogP contribution is 2.35. The van der Waals surface area contributed by atoms with Gasteiger partial charge in [0.1, 0.15) is 17.3 Å². The number of halogens is 5. The van der Waals surface area contributed by atoms with E-state index in [2.05, 4.69) is 29.0 Å². The molecule has 0 bridgehead atoms. The number of hydrogen-bond acceptors (Lipinski definition) is 7. The average Bonchev–Trinajstić information content (AvgIpc) is 3.08. The Morgan fingerprint density at radius 1 is 1.02 bits per heavy atom. The van der Waals surface area contributed by atoms with E-state index in [4.69, 9.17) is 9.72 Å². The molecule has 0 aliphatic carbocycles. The predicted molar refractivity (Wildman–Crippen MR) is 178 cm³/mol. The molecule has 1 N–H and O–H groups in total. The van der Waals surface area contributed by atoms with E-state index in [1.54, 1.807) is 13.0 Å². The molecule has 1 fully saturated rings. The summed E-state index contributed by atoms with van der Waals surface area (Å²) >= 11 is 0. The molecule has 1 saturated heterocycles. The van der Waals surface area contributed by atoms with Crippen molar-refractivity contribution in [3.05, 3.63) is 76.1 Å². The van der Waals surface area contributed by atoms with Gasteiger partial charge in [0, 0.05) is 49.0 Å². The molecule has 262 valence electrons. The summed E-state index contributed by atoms with van der Waals surface area (Å²) in [6.07, 6.45) is -3.41. The summed E-state index contributed by atoms with van der Waals surface area (Å²) in [5.41, 5.74) is -0.340. The summed E-state index contributed by atoms with van der Waals surface area (Å²) in [7, 11) is 0. The van der Waals surface area contributed by atoms with Gasteiger partial charge in [-0.1, -0.05) is 26.0 Å². The van der Waals surface area contributed by atoms with Crippen LogP contribution in [0.3, 0.4) is 0 Å². The van der Waals surface area contributed by atoms with Crippen LogP contribution < -0.4 is 15.8 Å². The molecule has 1 aliphatic rings. The van der Waals surface area contributed by atoms with Gasteiger partial charge in [-0.25, -0.2) is 13.8 Å². The van der Waals surface area contributed by atoms with Crippen LogP contribution in [0.25, 0.3) is 28.0 Å². The highest BCUT2D eigenvalue weighted by atomic mass is 19.4. The number of carbonyl (C=O) groups is 1. The Bertz CT molecular complexity index is 1830. The lowest BCUT2D eigenvalue weighted by molar-refractivity contribution is -0.170. The lowest BCUT2D eigenvalue weighted by Gasteiger charge is -2.31. The Morgan fingerprint density at radius 2 is 1.71 bits per heavy atom. The molecule has 2 aromatic carbocycles. The minimum Gasteiger partial charge on any atom is -0.381 e. The fourth-order valence-corrected chi connectivity index (χ4v) is 6.04. The van der Waals surface area contributed by atoms with E-state index in [9.17, 15) is 22.8 Å². The normalized spacial score (nSPS) is 14.1.